The molecule has 298 valence electrons. The maximum atomic E-state index is 14.9. The zero-order valence-corrected chi connectivity index (χ0v) is 33.7. The second-order valence-corrected chi connectivity index (χ2v) is 20.4. The third-order valence-electron chi connectivity index (χ3n) is 12.5. The number of alkyl carbamates (subject to hydrolysis) is 1. The van der Waals surface area contributed by atoms with Gasteiger partial charge < -0.3 is 25.0 Å². The number of nitrogens with one attached hydrogen (secondary N) is 3. The number of aryl methyl sites for hydroxylation is 1. The molecule has 4 amide bonds. The molecule has 12 nitrogen and oxygen atoms in total. The van der Waals surface area contributed by atoms with Crippen LogP contribution in [0, 0.1) is 22.7 Å². The second-order valence-electron chi connectivity index (χ2n) is 18.4. The van der Waals surface area contributed by atoms with Gasteiger partial charge in [-0.1, -0.05) is 83.1 Å². The lowest BCUT2D eigenvalue weighted by Crippen LogP contribution is -2.60. The average Bonchev–Trinajstić information content (AvgIpc) is 4.01. The molecule has 5 atom stereocenters. The van der Waals surface area contributed by atoms with Gasteiger partial charge in [0.2, 0.25) is 21.8 Å². The summed E-state index contributed by atoms with van der Waals surface area (Å²) in [4.78, 5) is 58.2. The van der Waals surface area contributed by atoms with Gasteiger partial charge in [-0.15, -0.1) is 0 Å². The van der Waals surface area contributed by atoms with Crippen molar-refractivity contribution in [3.63, 3.8) is 0 Å². The third-order valence-corrected chi connectivity index (χ3v) is 14.3. The van der Waals surface area contributed by atoms with E-state index in [9.17, 15) is 27.6 Å². The molecule has 8 rings (SSSR count). The monoisotopic (exact) mass is 776 g/mol. The van der Waals surface area contributed by atoms with Crippen LogP contribution in [-0.2, 0) is 45.9 Å². The predicted octanol–water partition coefficient (Wildman–Crippen LogP) is 5.19. The highest BCUT2D eigenvalue weighted by Gasteiger charge is 2.67. The normalized spacial score (nSPS) is 29.9. The molecule has 3 heterocycles. The highest BCUT2D eigenvalue weighted by molar-refractivity contribution is 7.91. The van der Waals surface area contributed by atoms with Crippen LogP contribution in [-0.4, -0.2) is 80.3 Å². The van der Waals surface area contributed by atoms with Gasteiger partial charge in [0, 0.05) is 13.5 Å². The Balaban J connectivity index is 1.26. The summed E-state index contributed by atoms with van der Waals surface area (Å²) in [5.41, 5.74) is 0.498. The van der Waals surface area contributed by atoms with Crippen molar-refractivity contribution in [2.24, 2.45) is 22.7 Å². The van der Waals surface area contributed by atoms with E-state index in [1.807, 2.05) is 57.2 Å². The standard InChI is InChI=1S/C42H56N4O8S/c1-39(2,3)34-36(48)46-24-41(53-6,23-33(46)35(47)44-42(22-32(42)28-13-14-28)37(49)45-55(51,52)30-19-20-30)29-17-15-27(16-18-29)31-12-8-7-10-26(31)11-9-21-40(4,5)25-54-38(50)43-34/h7-8,10,12,15-18,28,30,32-34H,9,11,13-14,19-25H2,1-6H3,(H,43,50)(H,44,47)(H,45,49)/t32-,33-,34+,41-,42+/m0/s1. The Hall–Kier alpha value is -3.97. The Kier molecular flexibility index (Phi) is 10.1. The molecular weight excluding hydrogens is 721 g/mol. The molecule has 1 saturated heterocycles. The third kappa shape index (κ3) is 8.01. The van der Waals surface area contributed by atoms with Gasteiger partial charge in [0.15, 0.2) is 0 Å². The smallest absolute Gasteiger partial charge is 0.407 e. The lowest BCUT2D eigenvalue weighted by atomic mass is 9.85. The summed E-state index contributed by atoms with van der Waals surface area (Å²) in [5, 5.41) is 5.22. The maximum Gasteiger partial charge on any atom is 0.407 e. The van der Waals surface area contributed by atoms with Crippen molar-refractivity contribution in [1.29, 1.82) is 0 Å². The van der Waals surface area contributed by atoms with E-state index in [1.54, 1.807) is 7.11 Å². The van der Waals surface area contributed by atoms with E-state index in [4.69, 9.17) is 9.47 Å². The number of carbonyl (C=O) groups excluding carboxylic acids is 4. The Morgan fingerprint density at radius 3 is 2.31 bits per heavy atom. The van der Waals surface area contributed by atoms with Gasteiger partial charge >= 0.3 is 6.09 Å². The number of nitrogens with zero attached hydrogens (tertiary/aromatic N) is 1. The topological polar surface area (TPSA) is 160 Å². The zero-order chi connectivity index (χ0) is 39.6. The number of fused-ring (bicyclic) bond motifs is 11. The summed E-state index contributed by atoms with van der Waals surface area (Å²) in [6, 6.07) is 14.2. The van der Waals surface area contributed by atoms with Crippen LogP contribution in [0.25, 0.3) is 11.1 Å². The maximum absolute atomic E-state index is 14.9. The number of methoxy groups -OCH3 is 1. The number of carbonyl (C=O) groups is 4. The minimum Gasteiger partial charge on any atom is -0.449 e. The molecule has 0 aromatic heterocycles. The lowest BCUT2D eigenvalue weighted by molar-refractivity contribution is -0.143. The highest BCUT2D eigenvalue weighted by atomic mass is 32.2. The number of benzene rings is 2. The molecule has 3 aliphatic carbocycles. The van der Waals surface area contributed by atoms with Gasteiger partial charge in [0.1, 0.15) is 23.2 Å². The summed E-state index contributed by atoms with van der Waals surface area (Å²) in [7, 11) is -2.30. The molecule has 4 fully saturated rings. The first kappa shape index (κ1) is 39.3. The van der Waals surface area contributed by atoms with E-state index in [-0.39, 0.29) is 36.8 Å². The number of amides is 4. The van der Waals surface area contributed by atoms with Crippen molar-refractivity contribution >= 4 is 33.8 Å². The fourth-order valence-corrected chi connectivity index (χ4v) is 10.0. The molecule has 2 aromatic rings. The van der Waals surface area contributed by atoms with Crippen molar-refractivity contribution < 1.29 is 37.1 Å². The van der Waals surface area contributed by atoms with Crippen molar-refractivity contribution in [2.45, 2.75) is 121 Å². The molecule has 6 aliphatic rings. The van der Waals surface area contributed by atoms with E-state index in [0.29, 0.717) is 19.3 Å². The van der Waals surface area contributed by atoms with Gasteiger partial charge in [-0.3, -0.25) is 19.1 Å². The molecule has 2 aromatic carbocycles. The first-order valence-electron chi connectivity index (χ1n) is 19.7. The van der Waals surface area contributed by atoms with Crippen LogP contribution < -0.4 is 15.4 Å². The quantitative estimate of drug-likeness (QED) is 0.347. The Morgan fingerprint density at radius 1 is 0.982 bits per heavy atom. The molecular formula is C42H56N4O8S. The van der Waals surface area contributed by atoms with Crippen LogP contribution in [0.2, 0.25) is 0 Å². The SMILES string of the molecule is CO[C@@]12C[C@@H](C(=O)N[C@]3(C(=O)NS(=O)(=O)C4CC4)C[C@H]3C3CC3)N(C1)C(=O)[C@H](C(C)(C)C)NC(=O)OCC(C)(C)CCCc1ccccc1-c1ccc2cc1. The summed E-state index contributed by atoms with van der Waals surface area (Å²) in [5.74, 6) is -1.77. The molecule has 3 N–H and O–H groups in total. The van der Waals surface area contributed by atoms with Crippen LogP contribution in [0.3, 0.4) is 0 Å². The van der Waals surface area contributed by atoms with Crippen molar-refractivity contribution in [3.05, 3.63) is 59.7 Å². The van der Waals surface area contributed by atoms with Gasteiger partial charge in [0.25, 0.3) is 5.91 Å². The van der Waals surface area contributed by atoms with E-state index in [1.165, 1.54) is 10.5 Å². The summed E-state index contributed by atoms with van der Waals surface area (Å²) < 4.78 is 40.1. The first-order chi connectivity index (χ1) is 25.9. The summed E-state index contributed by atoms with van der Waals surface area (Å²) in [6.07, 6.45) is 5.00. The van der Waals surface area contributed by atoms with Gasteiger partial charge in [-0.2, -0.15) is 0 Å². The van der Waals surface area contributed by atoms with Crippen LogP contribution in [0.5, 0.6) is 0 Å². The largest absolute Gasteiger partial charge is 0.449 e. The minimum atomic E-state index is -3.86. The molecule has 55 heavy (non-hydrogen) atoms. The van der Waals surface area contributed by atoms with E-state index in [2.05, 4.69) is 41.3 Å². The van der Waals surface area contributed by atoms with Gasteiger partial charge in [0.05, 0.1) is 18.4 Å². The van der Waals surface area contributed by atoms with Crippen LogP contribution in [0.1, 0.15) is 97.1 Å². The number of hydrogen-bond acceptors (Lipinski definition) is 8. The van der Waals surface area contributed by atoms with Crippen molar-refractivity contribution in [2.75, 3.05) is 20.3 Å². The first-order valence-corrected chi connectivity index (χ1v) is 21.3. The number of ether oxygens (including phenoxy) is 2. The average molecular weight is 777 g/mol. The number of sulfonamides is 1. The number of hydrogen-bond donors (Lipinski definition) is 3. The minimum absolute atomic E-state index is 0.00595. The Morgan fingerprint density at radius 2 is 1.67 bits per heavy atom. The van der Waals surface area contributed by atoms with E-state index in [0.717, 1.165) is 48.8 Å². The fraction of sp³-hybridized carbons (Fsp3) is 0.619. The van der Waals surface area contributed by atoms with Gasteiger partial charge in [-0.05, 0) is 96.3 Å². The second kappa shape index (κ2) is 14.2. The summed E-state index contributed by atoms with van der Waals surface area (Å²) in [6.45, 7) is 9.77. The zero-order valence-electron chi connectivity index (χ0n) is 32.9. The van der Waals surface area contributed by atoms with Crippen LogP contribution in [0.15, 0.2) is 48.5 Å². The molecule has 13 heteroatoms. The Bertz CT molecular complexity index is 1950. The predicted molar refractivity (Wildman–Crippen MR) is 207 cm³/mol. The molecule has 4 bridgehead atoms. The van der Waals surface area contributed by atoms with E-state index < -0.39 is 67.7 Å². The molecule has 0 unspecified atom stereocenters. The molecule has 3 aliphatic heterocycles. The highest BCUT2D eigenvalue weighted by Crippen LogP contribution is 2.57. The van der Waals surface area contributed by atoms with Crippen molar-refractivity contribution in [3.8, 4) is 11.1 Å². The Labute approximate surface area is 324 Å². The molecule has 0 spiro atoms. The van der Waals surface area contributed by atoms with Crippen LogP contribution in [0.4, 0.5) is 4.79 Å². The van der Waals surface area contributed by atoms with E-state index >= 15 is 0 Å². The lowest BCUT2D eigenvalue weighted by Gasteiger charge is -2.36. The number of rotatable bonds is 7. The van der Waals surface area contributed by atoms with Gasteiger partial charge in [-0.25, -0.2) is 13.2 Å². The fourth-order valence-electron chi connectivity index (χ4n) is 8.65. The molecule has 0 radical (unpaired) electrons. The van der Waals surface area contributed by atoms with Crippen LogP contribution >= 0.6 is 0 Å². The molecule has 3 saturated carbocycles. The van der Waals surface area contributed by atoms with Crippen molar-refractivity contribution in [1.82, 2.24) is 20.3 Å². The summed E-state index contributed by atoms with van der Waals surface area (Å²) >= 11 is 0.